The van der Waals surface area contributed by atoms with Crippen molar-refractivity contribution in [3.05, 3.63) is 126 Å². The Kier molecular flexibility index (Phi) is 6.12. The molecule has 2 aromatic carbocycles. The third kappa shape index (κ3) is 4.71. The standard InChI is InChI=1S/C28H27N5O/c1-20(22-7-3-2-4-8-22)32-27-19-33(18-26-24(27)14-16-30-26)23-12-10-21(11-13-23)17-31-28(34)25-9-5-6-15-29-25/h2-16,19-20,30,32H,17-18H2,1H3,(H,31,34)/t20-/m1/s1. The molecule has 2 aromatic heterocycles. The van der Waals surface area contributed by atoms with Crippen LogP contribution >= 0.6 is 0 Å². The number of aromatic nitrogens is 2. The van der Waals surface area contributed by atoms with E-state index in [0.29, 0.717) is 12.2 Å². The molecule has 6 heteroatoms. The van der Waals surface area contributed by atoms with Crippen molar-refractivity contribution < 1.29 is 4.79 Å². The van der Waals surface area contributed by atoms with Crippen LogP contribution in [-0.4, -0.2) is 15.9 Å². The van der Waals surface area contributed by atoms with Crippen molar-refractivity contribution in [3.8, 4) is 0 Å². The molecule has 0 bridgehead atoms. The Labute approximate surface area is 199 Å². The van der Waals surface area contributed by atoms with Gasteiger partial charge in [-0.3, -0.25) is 9.78 Å². The normalized spacial score (nSPS) is 13.6. The van der Waals surface area contributed by atoms with Gasteiger partial charge in [-0.2, -0.15) is 0 Å². The van der Waals surface area contributed by atoms with Gasteiger partial charge >= 0.3 is 0 Å². The van der Waals surface area contributed by atoms with Crippen molar-refractivity contribution in [2.75, 3.05) is 4.90 Å². The molecule has 1 aliphatic rings. The van der Waals surface area contributed by atoms with Crippen molar-refractivity contribution >= 4 is 17.3 Å². The zero-order chi connectivity index (χ0) is 23.3. The number of anilines is 1. The van der Waals surface area contributed by atoms with Crippen LogP contribution in [0.15, 0.2) is 97.5 Å². The Morgan fingerprint density at radius 2 is 1.82 bits per heavy atom. The highest BCUT2D eigenvalue weighted by molar-refractivity contribution is 5.92. The number of rotatable bonds is 7. The molecule has 1 atom stereocenters. The molecule has 3 heterocycles. The molecule has 170 valence electrons. The molecular weight excluding hydrogens is 422 g/mol. The Morgan fingerprint density at radius 3 is 2.59 bits per heavy atom. The lowest BCUT2D eigenvalue weighted by Gasteiger charge is -2.29. The van der Waals surface area contributed by atoms with E-state index < -0.39 is 0 Å². The van der Waals surface area contributed by atoms with E-state index in [-0.39, 0.29) is 11.9 Å². The predicted molar refractivity (Wildman–Crippen MR) is 135 cm³/mol. The first-order chi connectivity index (χ1) is 16.7. The predicted octanol–water partition coefficient (Wildman–Crippen LogP) is 5.01. The number of nitrogens with one attached hydrogen (secondary N) is 3. The molecule has 1 aliphatic heterocycles. The number of amides is 1. The fourth-order valence-electron chi connectivity index (χ4n) is 4.14. The average Bonchev–Trinajstić information content (AvgIpc) is 3.38. The fourth-order valence-corrected chi connectivity index (χ4v) is 4.14. The van der Waals surface area contributed by atoms with E-state index in [1.54, 1.807) is 18.3 Å². The molecule has 0 aliphatic carbocycles. The Hall–Kier alpha value is -4.32. The summed E-state index contributed by atoms with van der Waals surface area (Å²) in [5.74, 6) is -0.175. The molecule has 34 heavy (non-hydrogen) atoms. The first kappa shape index (κ1) is 21.5. The van der Waals surface area contributed by atoms with Gasteiger partial charge in [-0.25, -0.2) is 0 Å². The van der Waals surface area contributed by atoms with E-state index in [9.17, 15) is 4.79 Å². The van der Waals surface area contributed by atoms with Crippen molar-refractivity contribution in [3.63, 3.8) is 0 Å². The van der Waals surface area contributed by atoms with Crippen LogP contribution in [0.1, 0.15) is 45.8 Å². The van der Waals surface area contributed by atoms with Gasteiger partial charge in [0.05, 0.1) is 12.2 Å². The summed E-state index contributed by atoms with van der Waals surface area (Å²) in [5.41, 5.74) is 7.26. The summed E-state index contributed by atoms with van der Waals surface area (Å²) < 4.78 is 0. The highest BCUT2D eigenvalue weighted by Gasteiger charge is 2.21. The van der Waals surface area contributed by atoms with Gasteiger partial charge in [0, 0.05) is 48.1 Å². The van der Waals surface area contributed by atoms with Crippen LogP contribution in [-0.2, 0) is 13.1 Å². The molecule has 4 aromatic rings. The minimum absolute atomic E-state index is 0.175. The summed E-state index contributed by atoms with van der Waals surface area (Å²) in [6, 6.07) is 26.3. The monoisotopic (exact) mass is 449 g/mol. The zero-order valence-corrected chi connectivity index (χ0v) is 19.0. The van der Waals surface area contributed by atoms with Crippen molar-refractivity contribution in [1.29, 1.82) is 0 Å². The lowest BCUT2D eigenvalue weighted by atomic mass is 10.0. The minimum atomic E-state index is -0.175. The number of hydrogen-bond donors (Lipinski definition) is 3. The molecule has 0 spiro atoms. The van der Waals surface area contributed by atoms with Crippen LogP contribution in [0.4, 0.5) is 5.69 Å². The Morgan fingerprint density at radius 1 is 1.03 bits per heavy atom. The van der Waals surface area contributed by atoms with E-state index in [1.807, 2.05) is 30.5 Å². The van der Waals surface area contributed by atoms with Gasteiger partial charge in [0.2, 0.25) is 0 Å². The van der Waals surface area contributed by atoms with Crippen LogP contribution in [0.25, 0.3) is 5.70 Å². The van der Waals surface area contributed by atoms with Gasteiger partial charge in [-0.05, 0) is 48.4 Å². The molecule has 0 saturated carbocycles. The summed E-state index contributed by atoms with van der Waals surface area (Å²) in [6.45, 7) is 3.40. The average molecular weight is 450 g/mol. The van der Waals surface area contributed by atoms with Crippen molar-refractivity contribution in [1.82, 2.24) is 20.6 Å². The van der Waals surface area contributed by atoms with Gasteiger partial charge in [-0.1, -0.05) is 48.5 Å². The van der Waals surface area contributed by atoms with Crippen molar-refractivity contribution in [2.24, 2.45) is 0 Å². The molecular formula is C28H27N5O. The molecule has 3 N–H and O–H groups in total. The number of pyridine rings is 1. The van der Waals surface area contributed by atoms with E-state index in [4.69, 9.17) is 0 Å². The Balaban J connectivity index is 1.29. The highest BCUT2D eigenvalue weighted by atomic mass is 16.1. The maximum Gasteiger partial charge on any atom is 0.270 e. The summed E-state index contributed by atoms with van der Waals surface area (Å²) in [7, 11) is 0. The number of benzene rings is 2. The quantitative estimate of drug-likeness (QED) is 0.371. The third-order valence-electron chi connectivity index (χ3n) is 6.03. The summed E-state index contributed by atoms with van der Waals surface area (Å²) in [5, 5.41) is 6.61. The molecule has 6 nitrogen and oxygen atoms in total. The zero-order valence-electron chi connectivity index (χ0n) is 19.0. The number of hydrogen-bond acceptors (Lipinski definition) is 4. The summed E-state index contributed by atoms with van der Waals surface area (Å²) >= 11 is 0. The Bertz CT molecular complexity index is 1280. The molecule has 0 saturated heterocycles. The lowest BCUT2D eigenvalue weighted by molar-refractivity contribution is 0.0946. The van der Waals surface area contributed by atoms with Crippen LogP contribution in [0, 0.1) is 0 Å². The first-order valence-corrected chi connectivity index (χ1v) is 11.4. The van der Waals surface area contributed by atoms with Crippen LogP contribution in [0.5, 0.6) is 0 Å². The van der Waals surface area contributed by atoms with Crippen LogP contribution in [0.3, 0.4) is 0 Å². The molecule has 5 rings (SSSR count). The topological polar surface area (TPSA) is 73.0 Å². The SMILES string of the molecule is C[C@@H](NC1=CN(c2ccc(CNC(=O)c3ccccn3)cc2)Cc2[nH]ccc21)c1ccccc1. The van der Waals surface area contributed by atoms with Crippen LogP contribution < -0.4 is 15.5 Å². The fraction of sp³-hybridized carbons (Fsp3) is 0.143. The second kappa shape index (κ2) is 9.67. The summed E-state index contributed by atoms with van der Waals surface area (Å²) in [6.07, 6.45) is 5.78. The first-order valence-electron chi connectivity index (χ1n) is 11.4. The molecule has 0 radical (unpaired) electrons. The number of aromatic amines is 1. The highest BCUT2D eigenvalue weighted by Crippen LogP contribution is 2.30. The number of carbonyl (C=O) groups is 1. The van der Waals surface area contributed by atoms with Gasteiger partial charge in [0.1, 0.15) is 5.69 Å². The van der Waals surface area contributed by atoms with Crippen LogP contribution in [0.2, 0.25) is 0 Å². The van der Waals surface area contributed by atoms with Crippen molar-refractivity contribution in [2.45, 2.75) is 26.1 Å². The van der Waals surface area contributed by atoms with Gasteiger partial charge < -0.3 is 20.5 Å². The number of nitrogens with zero attached hydrogens (tertiary/aromatic N) is 2. The largest absolute Gasteiger partial charge is 0.377 e. The molecule has 0 fully saturated rings. The smallest absolute Gasteiger partial charge is 0.270 e. The maximum absolute atomic E-state index is 12.3. The third-order valence-corrected chi connectivity index (χ3v) is 6.03. The number of carbonyl (C=O) groups excluding carboxylic acids is 1. The second-order valence-electron chi connectivity index (χ2n) is 8.38. The molecule has 0 unspecified atom stereocenters. The lowest BCUT2D eigenvalue weighted by Crippen LogP contribution is -2.27. The van der Waals surface area contributed by atoms with E-state index in [1.165, 1.54) is 16.8 Å². The van der Waals surface area contributed by atoms with Gasteiger partial charge in [0.25, 0.3) is 5.91 Å². The minimum Gasteiger partial charge on any atom is -0.377 e. The van der Waals surface area contributed by atoms with E-state index in [0.717, 1.165) is 23.5 Å². The summed E-state index contributed by atoms with van der Waals surface area (Å²) in [4.78, 5) is 22.0. The van der Waals surface area contributed by atoms with Gasteiger partial charge in [-0.15, -0.1) is 0 Å². The number of H-pyrrole nitrogens is 1. The molecule has 1 amide bonds. The van der Waals surface area contributed by atoms with E-state index >= 15 is 0 Å². The van der Waals surface area contributed by atoms with Gasteiger partial charge in [0.15, 0.2) is 0 Å². The van der Waals surface area contributed by atoms with E-state index in [2.05, 4.69) is 81.1 Å². The second-order valence-corrected chi connectivity index (χ2v) is 8.38. The number of fused-ring (bicyclic) bond motifs is 1. The maximum atomic E-state index is 12.3.